The molecule has 2 N–H and O–H groups in total. The number of anilines is 2. The van der Waals surface area contributed by atoms with Crippen LogP contribution in [0.5, 0.6) is 0 Å². The molecule has 0 aliphatic heterocycles. The predicted molar refractivity (Wildman–Crippen MR) is 133 cm³/mol. The number of aromatic nitrogens is 2. The predicted octanol–water partition coefficient (Wildman–Crippen LogP) is 6.25. The van der Waals surface area contributed by atoms with Crippen LogP contribution in [0.15, 0.2) is 42.5 Å². The molecule has 1 aromatic heterocycles. The first-order valence-electron chi connectivity index (χ1n) is 11.5. The van der Waals surface area contributed by atoms with Crippen LogP contribution in [0.25, 0.3) is 10.9 Å². The first-order chi connectivity index (χ1) is 16.2. The van der Waals surface area contributed by atoms with Crippen molar-refractivity contribution in [2.45, 2.75) is 51.9 Å². The SMILES string of the molecule is C.CN(C)c1nc(NC2CCC(CNCc3ccc(F)cc3C(F)(F)F)CC2)nc2ccccc12. The Balaban J connectivity index is 0.00000342. The largest absolute Gasteiger partial charge is 0.416 e. The van der Waals surface area contributed by atoms with Crippen molar-refractivity contribution in [3.05, 3.63) is 59.4 Å². The van der Waals surface area contributed by atoms with Crippen molar-refractivity contribution >= 4 is 22.7 Å². The second-order valence-corrected chi connectivity index (χ2v) is 9.07. The Labute approximate surface area is 204 Å². The molecular formula is C26H33F4N5. The Morgan fingerprint density at radius 1 is 1.00 bits per heavy atom. The van der Waals surface area contributed by atoms with E-state index in [4.69, 9.17) is 4.98 Å². The summed E-state index contributed by atoms with van der Waals surface area (Å²) < 4.78 is 52.8. The summed E-state index contributed by atoms with van der Waals surface area (Å²) in [5.74, 6) is 0.975. The zero-order valence-electron chi connectivity index (χ0n) is 19.3. The minimum absolute atomic E-state index is 0. The number of nitrogens with one attached hydrogen (secondary N) is 2. The molecular weight excluding hydrogens is 458 g/mol. The third-order valence-electron chi connectivity index (χ3n) is 6.31. The maximum atomic E-state index is 13.3. The number of benzene rings is 2. The van der Waals surface area contributed by atoms with Gasteiger partial charge >= 0.3 is 6.18 Å². The minimum atomic E-state index is -4.57. The van der Waals surface area contributed by atoms with E-state index in [0.29, 0.717) is 24.5 Å². The van der Waals surface area contributed by atoms with Gasteiger partial charge in [-0.1, -0.05) is 25.6 Å². The van der Waals surface area contributed by atoms with E-state index in [0.717, 1.165) is 48.5 Å². The average Bonchev–Trinajstić information content (AvgIpc) is 2.80. The van der Waals surface area contributed by atoms with E-state index in [1.54, 1.807) is 0 Å². The fraction of sp³-hybridized carbons (Fsp3) is 0.462. The van der Waals surface area contributed by atoms with Crippen molar-refractivity contribution in [1.29, 1.82) is 0 Å². The number of fused-ring (bicyclic) bond motifs is 1. The molecule has 35 heavy (non-hydrogen) atoms. The molecule has 0 spiro atoms. The van der Waals surface area contributed by atoms with Gasteiger partial charge in [0.2, 0.25) is 5.95 Å². The van der Waals surface area contributed by atoms with Crippen molar-refractivity contribution in [3.8, 4) is 0 Å². The average molecular weight is 492 g/mol. The van der Waals surface area contributed by atoms with Gasteiger partial charge < -0.3 is 15.5 Å². The lowest BCUT2D eigenvalue weighted by atomic mass is 9.86. The lowest BCUT2D eigenvalue weighted by molar-refractivity contribution is -0.138. The zero-order chi connectivity index (χ0) is 24.3. The van der Waals surface area contributed by atoms with Gasteiger partial charge in [0, 0.05) is 32.1 Å². The Hall–Kier alpha value is -2.94. The molecule has 1 fully saturated rings. The molecule has 0 bridgehead atoms. The summed E-state index contributed by atoms with van der Waals surface area (Å²) in [7, 11) is 3.92. The minimum Gasteiger partial charge on any atom is -0.362 e. The van der Waals surface area contributed by atoms with Crippen molar-refractivity contribution in [2.75, 3.05) is 30.9 Å². The molecule has 1 heterocycles. The number of nitrogens with zero attached hydrogens (tertiary/aromatic N) is 3. The van der Waals surface area contributed by atoms with Crippen molar-refractivity contribution in [3.63, 3.8) is 0 Å². The third-order valence-corrected chi connectivity index (χ3v) is 6.31. The molecule has 1 aliphatic rings. The Morgan fingerprint density at radius 3 is 2.40 bits per heavy atom. The fourth-order valence-electron chi connectivity index (χ4n) is 4.54. The Bertz CT molecular complexity index is 1120. The zero-order valence-corrected chi connectivity index (χ0v) is 19.3. The summed E-state index contributed by atoms with van der Waals surface area (Å²) in [6.07, 6.45) is -0.794. The molecule has 0 unspecified atom stereocenters. The van der Waals surface area contributed by atoms with E-state index in [1.165, 1.54) is 6.07 Å². The third kappa shape index (κ3) is 6.60. The van der Waals surface area contributed by atoms with Gasteiger partial charge in [-0.15, -0.1) is 0 Å². The number of para-hydroxylation sites is 1. The highest BCUT2D eigenvalue weighted by atomic mass is 19.4. The van der Waals surface area contributed by atoms with E-state index in [2.05, 4.69) is 15.6 Å². The first-order valence-corrected chi connectivity index (χ1v) is 11.5. The quantitative estimate of drug-likeness (QED) is 0.383. The molecule has 5 nitrogen and oxygen atoms in total. The number of alkyl halides is 3. The van der Waals surface area contributed by atoms with Crippen LogP contribution >= 0.6 is 0 Å². The van der Waals surface area contributed by atoms with Gasteiger partial charge in [0.25, 0.3) is 0 Å². The van der Waals surface area contributed by atoms with Crippen molar-refractivity contribution < 1.29 is 17.6 Å². The Kier molecular flexibility index (Phi) is 8.53. The lowest BCUT2D eigenvalue weighted by Gasteiger charge is -2.29. The summed E-state index contributed by atoms with van der Waals surface area (Å²) in [4.78, 5) is 11.3. The Morgan fingerprint density at radius 2 is 1.71 bits per heavy atom. The molecule has 3 aromatic rings. The number of halogens is 4. The maximum Gasteiger partial charge on any atom is 0.416 e. The molecule has 1 aliphatic carbocycles. The van der Waals surface area contributed by atoms with Gasteiger partial charge in [0.1, 0.15) is 11.6 Å². The topological polar surface area (TPSA) is 53.1 Å². The van der Waals surface area contributed by atoms with E-state index in [9.17, 15) is 17.6 Å². The fourth-order valence-corrected chi connectivity index (χ4v) is 4.54. The summed E-state index contributed by atoms with van der Waals surface area (Å²) in [5, 5.41) is 7.61. The molecule has 0 atom stereocenters. The van der Waals surface area contributed by atoms with Gasteiger partial charge in [-0.2, -0.15) is 18.2 Å². The number of hydrogen-bond donors (Lipinski definition) is 2. The smallest absolute Gasteiger partial charge is 0.362 e. The summed E-state index contributed by atoms with van der Waals surface area (Å²) in [5.41, 5.74) is 0.0374. The molecule has 9 heteroatoms. The molecule has 1 saturated carbocycles. The summed E-state index contributed by atoms with van der Waals surface area (Å²) >= 11 is 0. The second kappa shape index (κ2) is 11.2. The molecule has 0 radical (unpaired) electrons. The van der Waals surface area contributed by atoms with Crippen LogP contribution in [0.1, 0.15) is 44.2 Å². The monoisotopic (exact) mass is 491 g/mol. The maximum absolute atomic E-state index is 13.3. The lowest BCUT2D eigenvalue weighted by Crippen LogP contribution is -2.32. The number of hydrogen-bond acceptors (Lipinski definition) is 5. The molecule has 0 saturated heterocycles. The van der Waals surface area contributed by atoms with Crippen molar-refractivity contribution in [1.82, 2.24) is 15.3 Å². The molecule has 2 aromatic carbocycles. The van der Waals surface area contributed by atoms with Gasteiger partial charge in [-0.05, 0) is 68.0 Å². The van der Waals surface area contributed by atoms with Crippen LogP contribution in [0.3, 0.4) is 0 Å². The van der Waals surface area contributed by atoms with Crippen LogP contribution in [0.4, 0.5) is 29.3 Å². The molecule has 190 valence electrons. The van der Waals surface area contributed by atoms with Crippen LogP contribution in [-0.4, -0.2) is 36.6 Å². The van der Waals surface area contributed by atoms with Gasteiger partial charge in [-0.3, -0.25) is 0 Å². The van der Waals surface area contributed by atoms with Crippen LogP contribution in [-0.2, 0) is 12.7 Å². The van der Waals surface area contributed by atoms with Crippen molar-refractivity contribution in [2.24, 2.45) is 5.92 Å². The van der Waals surface area contributed by atoms with E-state index < -0.39 is 17.6 Å². The van der Waals surface area contributed by atoms with Crippen LogP contribution < -0.4 is 15.5 Å². The second-order valence-electron chi connectivity index (χ2n) is 9.07. The first kappa shape index (κ1) is 26.7. The normalized spacial score (nSPS) is 18.2. The highest BCUT2D eigenvalue weighted by Gasteiger charge is 2.33. The molecule has 0 amide bonds. The van der Waals surface area contributed by atoms with Gasteiger partial charge in [-0.25, -0.2) is 9.37 Å². The van der Waals surface area contributed by atoms with Gasteiger partial charge in [0.15, 0.2) is 0 Å². The van der Waals surface area contributed by atoms with E-state index >= 15 is 0 Å². The number of rotatable bonds is 7. The summed E-state index contributed by atoms with van der Waals surface area (Å²) in [6, 6.07) is 11.0. The van der Waals surface area contributed by atoms with Gasteiger partial charge in [0.05, 0.1) is 11.1 Å². The van der Waals surface area contributed by atoms with Crippen LogP contribution in [0, 0.1) is 11.7 Å². The summed E-state index contributed by atoms with van der Waals surface area (Å²) in [6.45, 7) is 0.685. The molecule has 4 rings (SSSR count). The van der Waals surface area contributed by atoms with Crippen LogP contribution in [0.2, 0.25) is 0 Å². The van der Waals surface area contributed by atoms with E-state index in [-0.39, 0.29) is 25.6 Å². The highest BCUT2D eigenvalue weighted by molar-refractivity contribution is 5.90. The standard InChI is InChI=1S/C25H29F4N5.CH4/c1-34(2)23-20-5-3-4-6-22(20)32-24(33-23)31-19-11-7-16(8-12-19)14-30-15-17-9-10-18(26)13-21(17)25(27,28)29;/h3-6,9-10,13,16,19,30H,7-8,11-12,14-15H2,1-2H3,(H,31,32,33);1H4. The highest BCUT2D eigenvalue weighted by Crippen LogP contribution is 2.33. The van der Waals surface area contributed by atoms with E-state index in [1.807, 2.05) is 43.3 Å².